The summed E-state index contributed by atoms with van der Waals surface area (Å²) in [7, 11) is 0. The summed E-state index contributed by atoms with van der Waals surface area (Å²) in [6.07, 6.45) is 0. The molecule has 0 aliphatic rings. The van der Waals surface area contributed by atoms with Gasteiger partial charge in [-0.3, -0.25) is 4.79 Å². The highest BCUT2D eigenvalue weighted by atomic mass is 35.5. The van der Waals surface area contributed by atoms with Crippen LogP contribution in [0.25, 0.3) is 11.3 Å². The van der Waals surface area contributed by atoms with E-state index < -0.39 is 0 Å². The molecule has 4 heteroatoms. The van der Waals surface area contributed by atoms with Crippen LogP contribution < -0.4 is 11.3 Å². The minimum atomic E-state index is -0.0857. The Hall–Kier alpha value is -1.74. The van der Waals surface area contributed by atoms with E-state index in [2.05, 4.69) is 0 Å². The first-order chi connectivity index (χ1) is 8.11. The van der Waals surface area contributed by atoms with Gasteiger partial charge in [0.25, 0.3) is 5.56 Å². The molecule has 88 valence electrons. The van der Waals surface area contributed by atoms with E-state index in [0.717, 1.165) is 11.3 Å². The van der Waals surface area contributed by atoms with Crippen molar-refractivity contribution in [2.24, 2.45) is 0 Å². The minimum absolute atomic E-state index is 0.0857. The summed E-state index contributed by atoms with van der Waals surface area (Å²) in [6, 6.07) is 10.6. The van der Waals surface area contributed by atoms with Gasteiger partial charge in [-0.1, -0.05) is 23.7 Å². The van der Waals surface area contributed by atoms with Crippen LogP contribution in [-0.4, -0.2) is 4.57 Å². The largest absolute Gasteiger partial charge is 0.399 e. The number of nitrogens with two attached hydrogens (primary N) is 1. The summed E-state index contributed by atoms with van der Waals surface area (Å²) in [5.74, 6) is 0. The van der Waals surface area contributed by atoms with E-state index in [1.807, 2.05) is 19.1 Å². The first-order valence-corrected chi connectivity index (χ1v) is 5.76. The van der Waals surface area contributed by atoms with Crippen molar-refractivity contribution in [3.05, 3.63) is 51.8 Å². The molecule has 0 unspecified atom stereocenters. The summed E-state index contributed by atoms with van der Waals surface area (Å²) in [4.78, 5) is 11.8. The number of nitrogen functional groups attached to an aromatic ring is 1. The van der Waals surface area contributed by atoms with Crippen molar-refractivity contribution in [3.8, 4) is 11.3 Å². The third-order valence-electron chi connectivity index (χ3n) is 2.61. The number of rotatable bonds is 2. The minimum Gasteiger partial charge on any atom is -0.399 e. The van der Waals surface area contributed by atoms with Crippen LogP contribution in [-0.2, 0) is 6.54 Å². The van der Waals surface area contributed by atoms with Crippen LogP contribution in [0.4, 0.5) is 5.69 Å². The van der Waals surface area contributed by atoms with E-state index in [4.69, 9.17) is 17.3 Å². The summed E-state index contributed by atoms with van der Waals surface area (Å²) in [5.41, 5.74) is 7.85. The van der Waals surface area contributed by atoms with Crippen molar-refractivity contribution >= 4 is 17.3 Å². The van der Waals surface area contributed by atoms with Crippen LogP contribution in [0.1, 0.15) is 6.92 Å². The predicted molar refractivity (Wildman–Crippen MR) is 71.2 cm³/mol. The zero-order valence-electron chi connectivity index (χ0n) is 9.48. The lowest BCUT2D eigenvalue weighted by atomic mass is 10.1. The average molecular weight is 249 g/mol. The summed E-state index contributed by atoms with van der Waals surface area (Å²) >= 11 is 5.84. The molecule has 0 bridgehead atoms. The Bertz CT molecular complexity index is 587. The number of nitrogens with zero attached hydrogens (tertiary/aromatic N) is 1. The number of pyridine rings is 1. The van der Waals surface area contributed by atoms with Crippen molar-refractivity contribution in [3.63, 3.8) is 0 Å². The molecule has 0 aliphatic carbocycles. The van der Waals surface area contributed by atoms with Gasteiger partial charge in [0.05, 0.1) is 5.69 Å². The molecule has 2 rings (SSSR count). The zero-order valence-corrected chi connectivity index (χ0v) is 10.2. The maximum atomic E-state index is 11.8. The smallest absolute Gasteiger partial charge is 0.253 e. The van der Waals surface area contributed by atoms with Crippen molar-refractivity contribution < 1.29 is 0 Å². The number of anilines is 1. The first-order valence-electron chi connectivity index (χ1n) is 5.38. The van der Waals surface area contributed by atoms with Gasteiger partial charge in [-0.05, 0) is 30.7 Å². The Morgan fingerprint density at radius 3 is 2.47 bits per heavy atom. The standard InChI is InChI=1S/C13H13ClN2O/c1-2-16-12(7-11(15)8-13(16)17)9-3-5-10(14)6-4-9/h3-8H,2,15H2,1H3. The predicted octanol–water partition coefficient (Wildman–Crippen LogP) is 2.77. The van der Waals surface area contributed by atoms with Gasteiger partial charge >= 0.3 is 0 Å². The van der Waals surface area contributed by atoms with Crippen LogP contribution in [0.15, 0.2) is 41.2 Å². The topological polar surface area (TPSA) is 48.0 Å². The highest BCUT2D eigenvalue weighted by Crippen LogP contribution is 2.22. The van der Waals surface area contributed by atoms with Gasteiger partial charge in [0.15, 0.2) is 0 Å². The van der Waals surface area contributed by atoms with Gasteiger partial charge in [-0.25, -0.2) is 0 Å². The highest BCUT2D eigenvalue weighted by molar-refractivity contribution is 6.30. The second-order valence-electron chi connectivity index (χ2n) is 3.76. The molecule has 0 aliphatic heterocycles. The molecule has 0 saturated carbocycles. The van der Waals surface area contributed by atoms with Gasteiger partial charge in [-0.15, -0.1) is 0 Å². The summed E-state index contributed by atoms with van der Waals surface area (Å²) in [6.45, 7) is 2.54. The molecule has 2 aromatic rings. The van der Waals surface area contributed by atoms with Crippen molar-refractivity contribution in [2.45, 2.75) is 13.5 Å². The highest BCUT2D eigenvalue weighted by Gasteiger charge is 2.06. The number of hydrogen-bond acceptors (Lipinski definition) is 2. The Morgan fingerprint density at radius 1 is 1.24 bits per heavy atom. The maximum Gasteiger partial charge on any atom is 0.253 e. The lowest BCUT2D eigenvalue weighted by Gasteiger charge is -2.11. The summed E-state index contributed by atoms with van der Waals surface area (Å²) in [5, 5.41) is 0.669. The van der Waals surface area contributed by atoms with Crippen LogP contribution in [0, 0.1) is 0 Å². The second-order valence-corrected chi connectivity index (χ2v) is 4.20. The van der Waals surface area contributed by atoms with E-state index in [1.165, 1.54) is 6.07 Å². The Kier molecular flexibility index (Phi) is 3.20. The molecule has 0 atom stereocenters. The van der Waals surface area contributed by atoms with E-state index in [9.17, 15) is 4.79 Å². The van der Waals surface area contributed by atoms with Gasteiger partial charge < -0.3 is 10.3 Å². The quantitative estimate of drug-likeness (QED) is 0.888. The monoisotopic (exact) mass is 248 g/mol. The summed E-state index contributed by atoms with van der Waals surface area (Å²) < 4.78 is 1.68. The lowest BCUT2D eigenvalue weighted by Crippen LogP contribution is -2.20. The average Bonchev–Trinajstić information content (AvgIpc) is 2.29. The molecule has 17 heavy (non-hydrogen) atoms. The number of aromatic nitrogens is 1. The van der Waals surface area contributed by atoms with Crippen molar-refractivity contribution in [2.75, 3.05) is 5.73 Å². The van der Waals surface area contributed by atoms with E-state index in [1.54, 1.807) is 22.8 Å². The SMILES string of the molecule is CCn1c(-c2ccc(Cl)cc2)cc(N)cc1=O. The Morgan fingerprint density at radius 2 is 1.88 bits per heavy atom. The Labute approximate surface area is 104 Å². The fourth-order valence-corrected chi connectivity index (χ4v) is 1.93. The van der Waals surface area contributed by atoms with Gasteiger partial charge in [0.1, 0.15) is 0 Å². The normalized spacial score (nSPS) is 10.5. The Balaban J connectivity index is 2.65. The third-order valence-corrected chi connectivity index (χ3v) is 2.86. The van der Waals surface area contributed by atoms with Crippen LogP contribution in [0.3, 0.4) is 0 Å². The fraction of sp³-hybridized carbons (Fsp3) is 0.154. The number of halogens is 1. The van der Waals surface area contributed by atoms with Gasteiger partial charge in [0.2, 0.25) is 0 Å². The molecule has 2 N–H and O–H groups in total. The molecule has 3 nitrogen and oxygen atoms in total. The van der Waals surface area contributed by atoms with Crippen LogP contribution >= 0.6 is 11.6 Å². The molecule has 0 spiro atoms. The molecular formula is C13H13ClN2O. The molecule has 0 amide bonds. The molecular weight excluding hydrogens is 236 g/mol. The third kappa shape index (κ3) is 2.34. The molecule has 1 aromatic carbocycles. The zero-order chi connectivity index (χ0) is 12.4. The number of hydrogen-bond donors (Lipinski definition) is 1. The fourth-order valence-electron chi connectivity index (χ4n) is 1.80. The van der Waals surface area contributed by atoms with E-state index in [-0.39, 0.29) is 5.56 Å². The molecule has 1 heterocycles. The van der Waals surface area contributed by atoms with E-state index in [0.29, 0.717) is 17.3 Å². The van der Waals surface area contributed by atoms with Crippen molar-refractivity contribution in [1.82, 2.24) is 4.57 Å². The molecule has 0 saturated heterocycles. The van der Waals surface area contributed by atoms with Crippen molar-refractivity contribution in [1.29, 1.82) is 0 Å². The van der Waals surface area contributed by atoms with Crippen LogP contribution in [0.2, 0.25) is 5.02 Å². The molecule has 1 aromatic heterocycles. The number of benzene rings is 1. The first kappa shape index (κ1) is 11.7. The van der Waals surface area contributed by atoms with E-state index >= 15 is 0 Å². The second kappa shape index (κ2) is 4.63. The lowest BCUT2D eigenvalue weighted by molar-refractivity contribution is 0.736. The maximum absolute atomic E-state index is 11.8. The molecule has 0 radical (unpaired) electrons. The molecule has 0 fully saturated rings. The van der Waals surface area contributed by atoms with Gasteiger partial charge in [0, 0.05) is 23.3 Å². The van der Waals surface area contributed by atoms with Gasteiger partial charge in [-0.2, -0.15) is 0 Å². The van der Waals surface area contributed by atoms with Crippen LogP contribution in [0.5, 0.6) is 0 Å².